The number of nitrogens with one attached hydrogen (secondary N) is 1. The van der Waals surface area contributed by atoms with Crippen molar-refractivity contribution in [2.24, 2.45) is 0 Å². The van der Waals surface area contributed by atoms with Gasteiger partial charge in [-0.25, -0.2) is 0 Å². The van der Waals surface area contributed by atoms with Crippen LogP contribution in [0.4, 0.5) is 0 Å². The number of rotatable bonds is 7. The van der Waals surface area contributed by atoms with Crippen LogP contribution in [0.1, 0.15) is 40.5 Å². The molecule has 80 valence electrons. The number of hydrogen-bond donors (Lipinski definition) is 1. The summed E-state index contributed by atoms with van der Waals surface area (Å²) >= 11 is 0. The van der Waals surface area contributed by atoms with Crippen LogP contribution >= 0.6 is 0 Å². The highest BCUT2D eigenvalue weighted by Gasteiger charge is 2.19. The molecule has 0 saturated heterocycles. The van der Waals surface area contributed by atoms with Crippen LogP contribution in [0.15, 0.2) is 0 Å². The molecule has 0 saturated carbocycles. The SMILES string of the molecule is CCNCCCN(C)C(C)(C)CC. The van der Waals surface area contributed by atoms with E-state index in [1.165, 1.54) is 19.4 Å². The smallest absolute Gasteiger partial charge is 0.0147 e. The first-order valence-electron chi connectivity index (χ1n) is 5.46. The highest BCUT2D eigenvalue weighted by atomic mass is 15.2. The fraction of sp³-hybridized carbons (Fsp3) is 1.00. The zero-order valence-electron chi connectivity index (χ0n) is 9.98. The molecule has 0 aliphatic carbocycles. The summed E-state index contributed by atoms with van der Waals surface area (Å²) in [5.41, 5.74) is 0.353. The van der Waals surface area contributed by atoms with Crippen molar-refractivity contribution in [2.45, 2.75) is 46.1 Å². The summed E-state index contributed by atoms with van der Waals surface area (Å²) in [6.07, 6.45) is 2.46. The van der Waals surface area contributed by atoms with E-state index in [9.17, 15) is 0 Å². The van der Waals surface area contributed by atoms with Gasteiger partial charge in [-0.3, -0.25) is 0 Å². The lowest BCUT2D eigenvalue weighted by Gasteiger charge is -2.34. The van der Waals surface area contributed by atoms with E-state index in [-0.39, 0.29) is 0 Å². The third kappa shape index (κ3) is 5.27. The second kappa shape index (κ2) is 6.39. The predicted octanol–water partition coefficient (Wildman–Crippen LogP) is 2.11. The van der Waals surface area contributed by atoms with E-state index in [0.29, 0.717) is 5.54 Å². The largest absolute Gasteiger partial charge is 0.317 e. The van der Waals surface area contributed by atoms with Crippen LogP contribution in [0.2, 0.25) is 0 Å². The Kier molecular flexibility index (Phi) is 6.35. The summed E-state index contributed by atoms with van der Waals surface area (Å²) in [6, 6.07) is 0. The Balaban J connectivity index is 3.55. The van der Waals surface area contributed by atoms with Gasteiger partial charge in [-0.2, -0.15) is 0 Å². The molecule has 0 aromatic carbocycles. The Morgan fingerprint density at radius 3 is 2.31 bits per heavy atom. The highest BCUT2D eigenvalue weighted by molar-refractivity contribution is 4.76. The summed E-state index contributed by atoms with van der Waals surface area (Å²) in [6.45, 7) is 12.4. The van der Waals surface area contributed by atoms with Crippen LogP contribution in [0, 0.1) is 0 Å². The maximum absolute atomic E-state index is 3.35. The predicted molar refractivity (Wildman–Crippen MR) is 60.2 cm³/mol. The van der Waals surface area contributed by atoms with E-state index in [4.69, 9.17) is 0 Å². The van der Waals surface area contributed by atoms with Crippen molar-refractivity contribution in [3.8, 4) is 0 Å². The van der Waals surface area contributed by atoms with E-state index in [1.807, 2.05) is 0 Å². The topological polar surface area (TPSA) is 15.3 Å². The fourth-order valence-electron chi connectivity index (χ4n) is 1.19. The van der Waals surface area contributed by atoms with Gasteiger partial charge in [0.05, 0.1) is 0 Å². The summed E-state index contributed by atoms with van der Waals surface area (Å²) in [7, 11) is 2.22. The first-order chi connectivity index (χ1) is 6.04. The molecule has 2 nitrogen and oxygen atoms in total. The molecule has 0 amide bonds. The zero-order valence-corrected chi connectivity index (χ0v) is 9.98. The van der Waals surface area contributed by atoms with Crippen LogP contribution in [-0.2, 0) is 0 Å². The highest BCUT2D eigenvalue weighted by Crippen LogP contribution is 2.15. The average Bonchev–Trinajstić information content (AvgIpc) is 2.12. The van der Waals surface area contributed by atoms with Gasteiger partial charge in [0.25, 0.3) is 0 Å². The van der Waals surface area contributed by atoms with Crippen molar-refractivity contribution in [1.82, 2.24) is 10.2 Å². The standard InChI is InChI=1S/C11H26N2/c1-6-11(3,4)13(5)10-8-9-12-7-2/h12H,6-10H2,1-5H3. The monoisotopic (exact) mass is 186 g/mol. The molecule has 0 aliphatic rings. The van der Waals surface area contributed by atoms with Gasteiger partial charge in [-0.15, -0.1) is 0 Å². The summed E-state index contributed by atoms with van der Waals surface area (Å²) in [5, 5.41) is 3.35. The molecule has 0 aromatic rings. The summed E-state index contributed by atoms with van der Waals surface area (Å²) < 4.78 is 0. The van der Waals surface area contributed by atoms with Crippen molar-refractivity contribution in [2.75, 3.05) is 26.7 Å². The third-order valence-corrected chi connectivity index (χ3v) is 3.00. The minimum Gasteiger partial charge on any atom is -0.317 e. The van der Waals surface area contributed by atoms with E-state index >= 15 is 0 Å². The van der Waals surface area contributed by atoms with Gasteiger partial charge in [-0.1, -0.05) is 13.8 Å². The average molecular weight is 186 g/mol. The lowest BCUT2D eigenvalue weighted by molar-refractivity contribution is 0.149. The van der Waals surface area contributed by atoms with Crippen molar-refractivity contribution in [3.05, 3.63) is 0 Å². The molecule has 0 unspecified atom stereocenters. The van der Waals surface area contributed by atoms with Gasteiger partial charge < -0.3 is 10.2 Å². The minimum atomic E-state index is 0.353. The van der Waals surface area contributed by atoms with E-state index < -0.39 is 0 Å². The molecule has 1 N–H and O–H groups in total. The molecule has 0 atom stereocenters. The van der Waals surface area contributed by atoms with E-state index in [2.05, 4.69) is 45.0 Å². The molecule has 0 spiro atoms. The van der Waals surface area contributed by atoms with Gasteiger partial charge >= 0.3 is 0 Å². The molecule has 0 aliphatic heterocycles. The fourth-order valence-corrected chi connectivity index (χ4v) is 1.19. The Hall–Kier alpha value is -0.0800. The third-order valence-electron chi connectivity index (χ3n) is 3.00. The van der Waals surface area contributed by atoms with E-state index in [0.717, 1.165) is 13.1 Å². The Morgan fingerprint density at radius 1 is 1.23 bits per heavy atom. The van der Waals surface area contributed by atoms with Crippen molar-refractivity contribution < 1.29 is 0 Å². The summed E-state index contributed by atoms with van der Waals surface area (Å²) in [5.74, 6) is 0. The Labute approximate surface area is 83.7 Å². The molecule has 13 heavy (non-hydrogen) atoms. The van der Waals surface area contributed by atoms with Crippen molar-refractivity contribution in [3.63, 3.8) is 0 Å². The molecule has 0 aromatic heterocycles. The van der Waals surface area contributed by atoms with Gasteiger partial charge in [0.15, 0.2) is 0 Å². The first-order valence-corrected chi connectivity index (χ1v) is 5.46. The summed E-state index contributed by atoms with van der Waals surface area (Å²) in [4.78, 5) is 2.45. The normalized spacial score (nSPS) is 12.5. The maximum atomic E-state index is 3.35. The van der Waals surface area contributed by atoms with Crippen molar-refractivity contribution in [1.29, 1.82) is 0 Å². The molecule has 0 fully saturated rings. The molecule has 0 radical (unpaired) electrons. The van der Waals surface area contributed by atoms with Gasteiger partial charge in [0.2, 0.25) is 0 Å². The van der Waals surface area contributed by atoms with Crippen LogP contribution in [-0.4, -0.2) is 37.1 Å². The maximum Gasteiger partial charge on any atom is 0.0147 e. The second-order valence-electron chi connectivity index (χ2n) is 4.29. The van der Waals surface area contributed by atoms with Gasteiger partial charge in [-0.05, 0) is 53.4 Å². The van der Waals surface area contributed by atoms with E-state index in [1.54, 1.807) is 0 Å². The molecule has 0 rings (SSSR count). The van der Waals surface area contributed by atoms with Crippen molar-refractivity contribution >= 4 is 0 Å². The van der Waals surface area contributed by atoms with Gasteiger partial charge in [0.1, 0.15) is 0 Å². The molecule has 2 heteroatoms. The lowest BCUT2D eigenvalue weighted by atomic mass is 10.00. The second-order valence-corrected chi connectivity index (χ2v) is 4.29. The Bertz CT molecular complexity index is 121. The first kappa shape index (κ1) is 12.9. The van der Waals surface area contributed by atoms with Gasteiger partial charge in [0, 0.05) is 5.54 Å². The van der Waals surface area contributed by atoms with Crippen LogP contribution in [0.25, 0.3) is 0 Å². The van der Waals surface area contributed by atoms with Crippen LogP contribution in [0.5, 0.6) is 0 Å². The molecular weight excluding hydrogens is 160 g/mol. The Morgan fingerprint density at radius 2 is 1.85 bits per heavy atom. The lowest BCUT2D eigenvalue weighted by Crippen LogP contribution is -2.41. The molecular formula is C11H26N2. The quantitative estimate of drug-likeness (QED) is 0.613. The molecule has 0 heterocycles. The van der Waals surface area contributed by atoms with Crippen LogP contribution < -0.4 is 5.32 Å². The number of nitrogens with zero attached hydrogens (tertiary/aromatic N) is 1. The zero-order chi connectivity index (χ0) is 10.3. The number of hydrogen-bond acceptors (Lipinski definition) is 2. The minimum absolute atomic E-state index is 0.353. The molecule has 0 bridgehead atoms. The van der Waals surface area contributed by atoms with Crippen LogP contribution in [0.3, 0.4) is 0 Å².